The number of unbranched alkanes of at least 4 members (excludes halogenated alkanes) is 1. The second-order valence-corrected chi connectivity index (χ2v) is 22.8. The Labute approximate surface area is 526 Å². The molecule has 2 aromatic carbocycles. The van der Waals surface area contributed by atoms with Crippen LogP contribution in [0.1, 0.15) is 73.5 Å². The average Bonchev–Trinajstić information content (AvgIpc) is 1.67. The van der Waals surface area contributed by atoms with E-state index in [1.54, 1.807) is 0 Å². The highest BCUT2D eigenvalue weighted by atomic mass is 32.2. The number of carboxylic acid groups (broad SMARTS) is 1. The number of aliphatic hydroxyl groups is 2. The summed E-state index contributed by atoms with van der Waals surface area (Å²) in [6.07, 6.45) is 1.12. The fraction of sp³-hybridized carbons (Fsp3) is 0.559. The first kappa shape index (κ1) is 70.9. The van der Waals surface area contributed by atoms with E-state index < -0.39 is 66.3 Å². The van der Waals surface area contributed by atoms with Crippen LogP contribution < -0.4 is 37.6 Å². The number of aliphatic carboxylic acids is 1. The molecular formula is C59H79F3N14O14S. The Balaban J connectivity index is 0.787. The van der Waals surface area contributed by atoms with E-state index in [1.165, 1.54) is 65.4 Å². The number of amides is 5. The molecule has 7 rings (SSSR count). The quantitative estimate of drug-likeness (QED) is 0.0131. The molecule has 2 aromatic heterocycles. The highest BCUT2D eigenvalue weighted by Gasteiger charge is 2.44. The summed E-state index contributed by atoms with van der Waals surface area (Å²) in [7, 11) is 0. The molecule has 1 aliphatic heterocycles. The molecule has 1 saturated carbocycles. The van der Waals surface area contributed by atoms with E-state index in [1.807, 2.05) is 0 Å². The van der Waals surface area contributed by atoms with E-state index in [4.69, 9.17) is 39.9 Å². The molecule has 3 heterocycles. The molecule has 32 heteroatoms. The molecule has 2 fully saturated rings. The van der Waals surface area contributed by atoms with Gasteiger partial charge in [0.1, 0.15) is 36.3 Å². The van der Waals surface area contributed by atoms with Crippen molar-refractivity contribution in [1.29, 1.82) is 5.41 Å². The van der Waals surface area contributed by atoms with Gasteiger partial charge in [0.2, 0.25) is 23.6 Å². The van der Waals surface area contributed by atoms with Crippen molar-refractivity contribution in [2.45, 2.75) is 94.2 Å². The molecule has 91 heavy (non-hydrogen) atoms. The number of nitrogens with one attached hydrogen (secondary N) is 7. The number of carboxylic acids is 1. The predicted octanol–water partition coefficient (Wildman–Crippen LogP) is 3.23. The molecule has 2 bridgehead atoms. The zero-order valence-electron chi connectivity index (χ0n) is 50.0. The number of imidazole rings is 1. The van der Waals surface area contributed by atoms with Crippen molar-refractivity contribution in [3.05, 3.63) is 84.5 Å². The summed E-state index contributed by atoms with van der Waals surface area (Å²) in [4.78, 5) is 89.2. The number of azo groups is 1. The fourth-order valence-corrected chi connectivity index (χ4v) is 11.1. The van der Waals surface area contributed by atoms with E-state index in [-0.39, 0.29) is 111 Å². The van der Waals surface area contributed by atoms with Crippen LogP contribution in [-0.4, -0.2) is 210 Å². The van der Waals surface area contributed by atoms with Crippen molar-refractivity contribution in [2.75, 3.05) is 102 Å². The van der Waals surface area contributed by atoms with Crippen LogP contribution in [-0.2, 0) is 47.7 Å². The second kappa shape index (κ2) is 36.5. The topological polar surface area (TPSA) is 400 Å². The zero-order valence-corrected chi connectivity index (χ0v) is 50.8. The number of alkyl halides is 3. The van der Waals surface area contributed by atoms with Crippen molar-refractivity contribution in [3.8, 4) is 0 Å². The van der Waals surface area contributed by atoms with Crippen LogP contribution in [0.25, 0.3) is 11.2 Å². The molecule has 496 valence electrons. The molecule has 9 atom stereocenters. The van der Waals surface area contributed by atoms with Crippen LogP contribution in [0.3, 0.4) is 0 Å². The lowest BCUT2D eigenvalue weighted by Gasteiger charge is -2.19. The summed E-state index contributed by atoms with van der Waals surface area (Å²) in [5.74, 6) is -0.922. The summed E-state index contributed by atoms with van der Waals surface area (Å²) in [5.41, 5.74) is 5.10. The van der Waals surface area contributed by atoms with Gasteiger partial charge in [0.15, 0.2) is 23.2 Å². The number of carbonyl (C=O) groups is 6. The number of halogens is 3. The third-order valence-corrected chi connectivity index (χ3v) is 16.1. The SMILES string of the molecule is N=C(c1ccc(N=Nc2ccc(C(=O)N[C@H](CCC(=O)NCCCCNc3ncnc4c3ncn4C3OC(CSCCC(N)C(=O)O)C(O)C3O)C(=O)NCCNC(=O)CCOCCOCCOCCOCCNC(=O)C3CC4C=CC3C4)cc2)cc1)C(F)(F)F. The number of aliphatic hydroxyl groups excluding tert-OH is 2. The summed E-state index contributed by atoms with van der Waals surface area (Å²) >= 11 is 1.34. The Kier molecular flexibility index (Phi) is 28.4. The van der Waals surface area contributed by atoms with Crippen molar-refractivity contribution < 1.29 is 80.9 Å². The van der Waals surface area contributed by atoms with Crippen molar-refractivity contribution in [1.82, 2.24) is 46.1 Å². The smallest absolute Gasteiger partial charge is 0.433 e. The molecule has 8 unspecified atom stereocenters. The number of anilines is 1. The molecular weight excluding hydrogens is 1220 g/mol. The van der Waals surface area contributed by atoms with Crippen LogP contribution >= 0.6 is 11.8 Å². The van der Waals surface area contributed by atoms with Gasteiger partial charge >= 0.3 is 12.1 Å². The number of ether oxygens (including phenoxy) is 5. The number of nitrogens with two attached hydrogens (primary N) is 1. The van der Waals surface area contributed by atoms with Gasteiger partial charge < -0.3 is 76.6 Å². The molecule has 0 radical (unpaired) electrons. The number of benzene rings is 2. The summed E-state index contributed by atoms with van der Waals surface area (Å²) in [6.45, 7) is 3.73. The number of thioether (sulfide) groups is 1. The Morgan fingerprint density at radius 2 is 1.36 bits per heavy atom. The molecule has 3 aliphatic rings. The van der Waals surface area contributed by atoms with Crippen LogP contribution in [0.15, 0.2) is 83.6 Å². The summed E-state index contributed by atoms with van der Waals surface area (Å²) < 4.78 is 68.4. The maximum atomic E-state index is 13.6. The maximum Gasteiger partial charge on any atom is 0.433 e. The zero-order chi connectivity index (χ0) is 65.1. The largest absolute Gasteiger partial charge is 0.480 e. The minimum atomic E-state index is -4.81. The Morgan fingerprint density at radius 3 is 2.01 bits per heavy atom. The monoisotopic (exact) mass is 1300 g/mol. The van der Waals surface area contributed by atoms with Gasteiger partial charge in [-0.3, -0.25) is 38.7 Å². The molecule has 5 amide bonds. The highest BCUT2D eigenvalue weighted by Crippen LogP contribution is 2.43. The molecule has 28 nitrogen and oxygen atoms in total. The van der Waals surface area contributed by atoms with Gasteiger partial charge in [-0.25, -0.2) is 15.0 Å². The summed E-state index contributed by atoms with van der Waals surface area (Å²) in [6, 6.07) is 8.33. The first-order valence-electron chi connectivity index (χ1n) is 30.0. The van der Waals surface area contributed by atoms with Gasteiger partial charge in [0.05, 0.1) is 76.7 Å². The minimum absolute atomic E-state index is 0.00833. The molecule has 1 saturated heterocycles. The molecule has 4 aromatic rings. The van der Waals surface area contributed by atoms with E-state index in [0.29, 0.717) is 99.2 Å². The first-order valence-corrected chi connectivity index (χ1v) is 31.2. The van der Waals surface area contributed by atoms with E-state index in [0.717, 1.165) is 25.0 Å². The van der Waals surface area contributed by atoms with Crippen LogP contribution in [0.2, 0.25) is 0 Å². The van der Waals surface area contributed by atoms with Gasteiger partial charge in [-0.2, -0.15) is 35.2 Å². The van der Waals surface area contributed by atoms with Crippen molar-refractivity contribution in [3.63, 3.8) is 0 Å². The molecule has 2 aliphatic carbocycles. The lowest BCUT2D eigenvalue weighted by Crippen LogP contribution is -2.48. The first-order chi connectivity index (χ1) is 43.9. The van der Waals surface area contributed by atoms with Crippen LogP contribution in [0, 0.1) is 23.2 Å². The Bertz CT molecular complexity index is 3090. The number of nitrogens with zero attached hydrogens (tertiary/aromatic N) is 6. The summed E-state index contributed by atoms with van der Waals surface area (Å²) in [5, 5.41) is 63.1. The number of aromatic nitrogens is 4. The van der Waals surface area contributed by atoms with Crippen LogP contribution in [0.4, 0.5) is 30.4 Å². The normalized spacial score (nSPS) is 20.0. The lowest BCUT2D eigenvalue weighted by molar-refractivity contribution is -0.138. The van der Waals surface area contributed by atoms with Gasteiger partial charge in [0, 0.05) is 68.4 Å². The van der Waals surface area contributed by atoms with Gasteiger partial charge in [0.25, 0.3) is 5.91 Å². The Morgan fingerprint density at radius 1 is 0.736 bits per heavy atom. The number of carbonyl (C=O) groups excluding carboxylic acids is 5. The maximum absolute atomic E-state index is 13.6. The minimum Gasteiger partial charge on any atom is -0.480 e. The van der Waals surface area contributed by atoms with Gasteiger partial charge in [-0.05, 0) is 92.5 Å². The van der Waals surface area contributed by atoms with E-state index in [9.17, 15) is 52.2 Å². The highest BCUT2D eigenvalue weighted by molar-refractivity contribution is 7.99. The molecule has 0 spiro atoms. The number of allylic oxidation sites excluding steroid dienone is 2. The number of fused-ring (bicyclic) bond motifs is 3. The number of rotatable bonds is 41. The number of hydrogen-bond donors (Lipinski definition) is 11. The second-order valence-electron chi connectivity index (χ2n) is 21.6. The van der Waals surface area contributed by atoms with Gasteiger partial charge in [-0.15, -0.1) is 0 Å². The van der Waals surface area contributed by atoms with E-state index in [2.05, 4.69) is 69.2 Å². The lowest BCUT2D eigenvalue weighted by atomic mass is 9.93. The van der Waals surface area contributed by atoms with Crippen molar-refractivity contribution >= 4 is 81.3 Å². The fourth-order valence-electron chi connectivity index (χ4n) is 10.00. The molecule has 12 N–H and O–H groups in total. The van der Waals surface area contributed by atoms with Crippen LogP contribution in [0.5, 0.6) is 0 Å². The van der Waals surface area contributed by atoms with Gasteiger partial charge in [-0.1, -0.05) is 24.3 Å². The van der Waals surface area contributed by atoms with E-state index >= 15 is 0 Å². The predicted molar refractivity (Wildman–Crippen MR) is 326 cm³/mol. The standard InChI is InChI=1S/C59H79F3N14O14S/c60-59(61,62)51(64)37-5-9-40(10-6-37)74-75-41-11-7-38(8-12-41)54(81)73-44(56(83)68-20-19-66-47(78)15-22-86-24-26-88-28-29-89-27-25-87-23-21-69-55(82)42-32-36-3-4-39(42)31-36)13-14-46(77)65-17-1-2-18-67-52-48-53(71-34-70-52)76(35-72-48)57-50(80)49(79)45(90-57)33-91-30-16-43(63)58(84)85/h3-12,34-36,39,42-45,49-50,57,64,79-80H,1-2,13-33,63H2,(H,65,77)(H,66,78)(H,68,83)(H,69,82)(H,73,81)(H,84,85)(H,67,70,71)/t36?,39?,42?,43?,44-,45?,49?,50?,57?/m1/s1. The Hall–Kier alpha value is -7.56. The number of hydrogen-bond acceptors (Lipinski definition) is 22. The third-order valence-electron chi connectivity index (χ3n) is 15.0. The average molecular weight is 1300 g/mol. The van der Waals surface area contributed by atoms with Crippen molar-refractivity contribution in [2.24, 2.45) is 33.7 Å². The third kappa shape index (κ3) is 22.7.